The third-order valence-electron chi connectivity index (χ3n) is 6.02. The van der Waals surface area contributed by atoms with Gasteiger partial charge in [-0.3, -0.25) is 0 Å². The van der Waals surface area contributed by atoms with Gasteiger partial charge in [-0.1, -0.05) is 30.3 Å². The molecule has 2 aliphatic heterocycles. The molecule has 3 aromatic rings. The van der Waals surface area contributed by atoms with E-state index in [2.05, 4.69) is 42.3 Å². The van der Waals surface area contributed by atoms with E-state index in [0.717, 1.165) is 64.3 Å². The van der Waals surface area contributed by atoms with Crippen molar-refractivity contribution in [2.75, 3.05) is 24.8 Å². The summed E-state index contributed by atoms with van der Waals surface area (Å²) in [5.74, 6) is 1.67. The maximum atomic E-state index is 13.2. The highest BCUT2D eigenvalue weighted by Gasteiger charge is 2.29. The molecule has 6 heteroatoms. The number of nitrogens with zero attached hydrogens (tertiary/aromatic N) is 1. The van der Waals surface area contributed by atoms with Gasteiger partial charge in [-0.15, -0.1) is 0 Å². The van der Waals surface area contributed by atoms with E-state index in [9.17, 15) is 4.21 Å². The van der Waals surface area contributed by atoms with Crippen LogP contribution in [0.5, 0.6) is 11.5 Å². The highest BCUT2D eigenvalue weighted by molar-refractivity contribution is 7.85. The van der Waals surface area contributed by atoms with E-state index >= 15 is 0 Å². The zero-order valence-electron chi connectivity index (χ0n) is 17.8. The number of ether oxygens (including phenoxy) is 2. The molecule has 3 aromatic carbocycles. The fourth-order valence-electron chi connectivity index (χ4n) is 4.28. The summed E-state index contributed by atoms with van der Waals surface area (Å²) in [6.07, 6.45) is 0.959. The number of hydrogen-bond donors (Lipinski definition) is 1. The smallest absolute Gasteiger partial charge is 0.231 e. The third-order valence-corrected chi connectivity index (χ3v) is 7.49. The molecule has 0 aromatic heterocycles. The molecule has 5 rings (SSSR count). The van der Waals surface area contributed by atoms with Gasteiger partial charge >= 0.3 is 0 Å². The van der Waals surface area contributed by atoms with E-state index < -0.39 is 10.8 Å². The predicted molar refractivity (Wildman–Crippen MR) is 123 cm³/mol. The Morgan fingerprint density at radius 1 is 1.00 bits per heavy atom. The summed E-state index contributed by atoms with van der Waals surface area (Å²) in [7, 11) is -1.15. The minimum absolute atomic E-state index is 0.292. The molecule has 1 unspecified atom stereocenters. The molecule has 0 saturated carbocycles. The van der Waals surface area contributed by atoms with Gasteiger partial charge in [-0.2, -0.15) is 0 Å². The quantitative estimate of drug-likeness (QED) is 0.563. The molecule has 1 atom stereocenters. The topological polar surface area (TPSA) is 50.8 Å². The van der Waals surface area contributed by atoms with E-state index in [0.29, 0.717) is 6.79 Å². The molecule has 0 radical (unpaired) electrons. The van der Waals surface area contributed by atoms with Crippen molar-refractivity contribution in [1.29, 1.82) is 0 Å². The second-order valence-electron chi connectivity index (χ2n) is 7.92. The lowest BCUT2D eigenvalue weighted by Gasteiger charge is -2.34. The van der Waals surface area contributed by atoms with E-state index in [-0.39, 0.29) is 0 Å². The van der Waals surface area contributed by atoms with Crippen molar-refractivity contribution in [3.63, 3.8) is 0 Å². The number of para-hydroxylation sites is 2. The number of nitrogens with one attached hydrogen (secondary N) is 1. The molecule has 2 aliphatic rings. The van der Waals surface area contributed by atoms with Crippen LogP contribution < -0.4 is 19.7 Å². The van der Waals surface area contributed by atoms with Crippen molar-refractivity contribution in [2.24, 2.45) is 0 Å². The summed E-state index contributed by atoms with van der Waals surface area (Å²) < 4.78 is 24.2. The standard InChI is InChI=1S/C25H26N2O3S/c1-17-11-12-23-24(18(17)2)27(20-8-3-4-10-22(20)31(23)28)14-6-13-26-15-19-7-5-9-21-25(19)30-16-29-21/h3-5,7-12,26H,6,13-16H2,1-2H3. The molecule has 0 fully saturated rings. The summed E-state index contributed by atoms with van der Waals surface area (Å²) in [5.41, 5.74) is 5.69. The Hall–Kier alpha value is -2.83. The van der Waals surface area contributed by atoms with Gasteiger partial charge in [0, 0.05) is 18.7 Å². The van der Waals surface area contributed by atoms with Crippen molar-refractivity contribution < 1.29 is 13.7 Å². The fourth-order valence-corrected chi connectivity index (χ4v) is 5.72. The van der Waals surface area contributed by atoms with Crippen LogP contribution in [-0.4, -0.2) is 24.1 Å². The van der Waals surface area contributed by atoms with Crippen molar-refractivity contribution >= 4 is 22.2 Å². The van der Waals surface area contributed by atoms with Crippen LogP contribution in [0.3, 0.4) is 0 Å². The maximum Gasteiger partial charge on any atom is 0.231 e. The van der Waals surface area contributed by atoms with E-state index in [4.69, 9.17) is 9.47 Å². The second-order valence-corrected chi connectivity index (χ2v) is 9.34. The zero-order valence-corrected chi connectivity index (χ0v) is 18.6. The highest BCUT2D eigenvalue weighted by Crippen LogP contribution is 2.44. The van der Waals surface area contributed by atoms with Crippen LogP contribution in [0, 0.1) is 13.8 Å². The Balaban J connectivity index is 1.31. The second kappa shape index (κ2) is 8.36. The van der Waals surface area contributed by atoms with E-state index in [1.54, 1.807) is 0 Å². The number of anilines is 2. The largest absolute Gasteiger partial charge is 0.454 e. The summed E-state index contributed by atoms with van der Waals surface area (Å²) in [4.78, 5) is 4.14. The Bertz CT molecular complexity index is 1160. The Morgan fingerprint density at radius 3 is 2.77 bits per heavy atom. The first-order valence-electron chi connectivity index (χ1n) is 10.6. The summed E-state index contributed by atoms with van der Waals surface area (Å²) in [6, 6.07) is 18.1. The minimum atomic E-state index is -1.15. The zero-order chi connectivity index (χ0) is 21.4. The maximum absolute atomic E-state index is 13.2. The Morgan fingerprint density at radius 2 is 1.87 bits per heavy atom. The average Bonchev–Trinajstić information content (AvgIpc) is 3.27. The van der Waals surface area contributed by atoms with Gasteiger partial charge in [0.15, 0.2) is 11.5 Å². The normalized spacial score (nSPS) is 16.2. The van der Waals surface area contributed by atoms with Gasteiger partial charge in [0.2, 0.25) is 6.79 Å². The Labute approximate surface area is 185 Å². The van der Waals surface area contributed by atoms with Gasteiger partial charge in [-0.25, -0.2) is 4.21 Å². The van der Waals surface area contributed by atoms with Gasteiger partial charge in [0.05, 0.1) is 32.0 Å². The average molecular weight is 435 g/mol. The van der Waals surface area contributed by atoms with Gasteiger partial charge < -0.3 is 19.7 Å². The predicted octanol–water partition coefficient (Wildman–Crippen LogP) is 4.83. The van der Waals surface area contributed by atoms with Crippen LogP contribution in [0.2, 0.25) is 0 Å². The van der Waals surface area contributed by atoms with Crippen molar-refractivity contribution in [1.82, 2.24) is 5.32 Å². The summed E-state index contributed by atoms with van der Waals surface area (Å²) in [6.45, 7) is 6.99. The number of aryl methyl sites for hydroxylation is 1. The van der Waals surface area contributed by atoms with Crippen LogP contribution in [-0.2, 0) is 17.3 Å². The SMILES string of the molecule is Cc1ccc2c(c1C)N(CCCNCc1cccc3c1OCO3)c1ccccc1S2=O. The number of benzene rings is 3. The first-order chi connectivity index (χ1) is 15.1. The van der Waals surface area contributed by atoms with Crippen LogP contribution in [0.25, 0.3) is 0 Å². The van der Waals surface area contributed by atoms with E-state index in [1.807, 2.05) is 36.4 Å². The first kappa shape index (κ1) is 20.1. The van der Waals surface area contributed by atoms with Crippen LogP contribution in [0.4, 0.5) is 11.4 Å². The van der Waals surface area contributed by atoms with Gasteiger partial charge in [-0.05, 0) is 62.2 Å². The molecule has 1 N–H and O–H groups in total. The lowest BCUT2D eigenvalue weighted by molar-refractivity contribution is 0.173. The molecule has 160 valence electrons. The number of fused-ring (bicyclic) bond motifs is 3. The minimum Gasteiger partial charge on any atom is -0.454 e. The molecule has 31 heavy (non-hydrogen) atoms. The highest BCUT2D eigenvalue weighted by atomic mass is 32.2. The molecule has 0 saturated heterocycles. The Kier molecular flexibility index (Phi) is 5.42. The monoisotopic (exact) mass is 434 g/mol. The van der Waals surface area contributed by atoms with E-state index in [1.165, 1.54) is 11.1 Å². The van der Waals surface area contributed by atoms with Gasteiger partial charge in [0.1, 0.15) is 0 Å². The molecular weight excluding hydrogens is 408 g/mol. The number of rotatable bonds is 6. The number of hydrogen-bond acceptors (Lipinski definition) is 5. The summed E-state index contributed by atoms with van der Waals surface area (Å²) >= 11 is 0. The van der Waals surface area contributed by atoms with Crippen LogP contribution >= 0.6 is 0 Å². The summed E-state index contributed by atoms with van der Waals surface area (Å²) in [5, 5.41) is 3.53. The molecular formula is C25H26N2O3S. The third kappa shape index (κ3) is 3.60. The lowest BCUT2D eigenvalue weighted by Crippen LogP contribution is -2.28. The molecule has 0 spiro atoms. The molecule has 0 amide bonds. The molecule has 2 heterocycles. The van der Waals surface area contributed by atoms with Crippen molar-refractivity contribution in [2.45, 2.75) is 36.6 Å². The van der Waals surface area contributed by atoms with Crippen LogP contribution in [0.15, 0.2) is 64.4 Å². The lowest BCUT2D eigenvalue weighted by atomic mass is 10.1. The fraction of sp³-hybridized carbons (Fsp3) is 0.280. The van der Waals surface area contributed by atoms with Crippen LogP contribution in [0.1, 0.15) is 23.1 Å². The molecule has 0 aliphatic carbocycles. The van der Waals surface area contributed by atoms with Crippen molar-refractivity contribution in [3.05, 3.63) is 71.3 Å². The first-order valence-corrected chi connectivity index (χ1v) is 11.8. The van der Waals surface area contributed by atoms with Gasteiger partial charge in [0.25, 0.3) is 0 Å². The van der Waals surface area contributed by atoms with Crippen molar-refractivity contribution in [3.8, 4) is 11.5 Å². The molecule has 5 nitrogen and oxygen atoms in total. The molecule has 0 bridgehead atoms.